The Morgan fingerprint density at radius 3 is 2.77 bits per heavy atom. The van der Waals surface area contributed by atoms with Crippen LogP contribution in [0.2, 0.25) is 0 Å². The Balaban J connectivity index is 1.31. The van der Waals surface area contributed by atoms with E-state index in [1.54, 1.807) is 10.9 Å². The molecule has 1 amide bonds. The molecule has 1 aromatic carbocycles. The van der Waals surface area contributed by atoms with E-state index < -0.39 is 6.10 Å². The van der Waals surface area contributed by atoms with E-state index in [0.717, 1.165) is 48.1 Å². The minimum Gasteiger partial charge on any atom is -0.487 e. The highest BCUT2D eigenvalue weighted by Crippen LogP contribution is 2.34. The van der Waals surface area contributed by atoms with Gasteiger partial charge < -0.3 is 14.7 Å². The predicted molar refractivity (Wildman–Crippen MR) is 115 cm³/mol. The first-order valence-corrected chi connectivity index (χ1v) is 10.8. The Hall–Kier alpha value is -3.19. The number of fused-ring (bicyclic) bond motifs is 1. The van der Waals surface area contributed by atoms with Crippen LogP contribution in [0.15, 0.2) is 48.9 Å². The van der Waals surface area contributed by atoms with Crippen molar-refractivity contribution in [3.63, 3.8) is 0 Å². The third-order valence-corrected chi connectivity index (χ3v) is 6.12. The molecule has 3 aromatic rings. The maximum atomic E-state index is 13.2. The summed E-state index contributed by atoms with van der Waals surface area (Å²) in [6, 6.07) is 9.69. The average molecular weight is 418 g/mol. The summed E-state index contributed by atoms with van der Waals surface area (Å²) in [4.78, 5) is 19.5. The molecule has 0 bridgehead atoms. The molecule has 0 saturated heterocycles. The Bertz CT molecular complexity index is 1090. The highest BCUT2D eigenvalue weighted by Gasteiger charge is 2.33. The van der Waals surface area contributed by atoms with Gasteiger partial charge >= 0.3 is 0 Å². The fourth-order valence-electron chi connectivity index (χ4n) is 4.45. The van der Waals surface area contributed by atoms with Crippen LogP contribution in [0.1, 0.15) is 47.2 Å². The van der Waals surface area contributed by atoms with Gasteiger partial charge in [0.2, 0.25) is 0 Å². The molecule has 2 aliphatic rings. The standard InChI is InChI=1S/C24H26N4O3/c1-27-14-18(12-26-27)19-10-9-16(11-25-19)13-28-15-17-5-4-8-22(23(17)24(28)30)31-21-7-3-2-6-20(21)29/h4-5,8-12,14,20-21,29H,2-3,6-7,13,15H2,1H3/t20-,21-/m0/s1. The molecule has 1 saturated carbocycles. The van der Waals surface area contributed by atoms with Crippen LogP contribution in [-0.2, 0) is 20.1 Å². The number of benzene rings is 1. The number of carbonyl (C=O) groups is 1. The molecule has 0 spiro atoms. The lowest BCUT2D eigenvalue weighted by atomic mass is 9.94. The van der Waals surface area contributed by atoms with Crippen molar-refractivity contribution < 1.29 is 14.6 Å². The molecule has 160 valence electrons. The fraction of sp³-hybridized carbons (Fsp3) is 0.375. The van der Waals surface area contributed by atoms with Crippen molar-refractivity contribution in [1.82, 2.24) is 19.7 Å². The maximum Gasteiger partial charge on any atom is 0.258 e. The number of aliphatic hydroxyl groups excluding tert-OH is 1. The van der Waals surface area contributed by atoms with Crippen molar-refractivity contribution in [2.45, 2.75) is 51.0 Å². The largest absolute Gasteiger partial charge is 0.487 e. The number of aliphatic hydroxyl groups is 1. The first-order valence-electron chi connectivity index (χ1n) is 10.8. The normalized spacial score (nSPS) is 20.7. The molecule has 2 atom stereocenters. The first kappa shape index (κ1) is 19.8. The number of aromatic nitrogens is 3. The Kier molecular flexibility index (Phi) is 5.19. The smallest absolute Gasteiger partial charge is 0.258 e. The molecule has 5 rings (SSSR count). The van der Waals surface area contributed by atoms with Crippen molar-refractivity contribution in [2.24, 2.45) is 7.05 Å². The van der Waals surface area contributed by atoms with Crippen LogP contribution in [0, 0.1) is 0 Å². The van der Waals surface area contributed by atoms with E-state index in [9.17, 15) is 9.90 Å². The van der Waals surface area contributed by atoms with Crippen molar-refractivity contribution in [3.8, 4) is 17.0 Å². The molecule has 1 aliphatic carbocycles. The average Bonchev–Trinajstić information content (AvgIpc) is 3.34. The van der Waals surface area contributed by atoms with Crippen LogP contribution in [-0.4, -0.2) is 42.9 Å². The highest BCUT2D eigenvalue weighted by molar-refractivity contribution is 6.01. The van der Waals surface area contributed by atoms with Gasteiger partial charge in [-0.1, -0.05) is 24.6 Å². The van der Waals surface area contributed by atoms with Gasteiger partial charge in [-0.05, 0) is 42.5 Å². The van der Waals surface area contributed by atoms with Gasteiger partial charge in [0.25, 0.3) is 5.91 Å². The Morgan fingerprint density at radius 2 is 2.03 bits per heavy atom. The number of nitrogens with zero attached hydrogens (tertiary/aromatic N) is 4. The van der Waals surface area contributed by atoms with Crippen LogP contribution in [0.5, 0.6) is 5.75 Å². The molecule has 7 heteroatoms. The summed E-state index contributed by atoms with van der Waals surface area (Å²) in [6.07, 6.45) is 8.44. The quantitative estimate of drug-likeness (QED) is 0.688. The fourth-order valence-corrected chi connectivity index (χ4v) is 4.45. The van der Waals surface area contributed by atoms with Crippen molar-refractivity contribution in [2.75, 3.05) is 0 Å². The van der Waals surface area contributed by atoms with E-state index in [-0.39, 0.29) is 12.0 Å². The predicted octanol–water partition coefficient (Wildman–Crippen LogP) is 3.32. The lowest BCUT2D eigenvalue weighted by molar-refractivity contribution is 0.00636. The molecule has 1 aliphatic heterocycles. The molecular formula is C24H26N4O3. The summed E-state index contributed by atoms with van der Waals surface area (Å²) in [6.45, 7) is 1.03. The van der Waals surface area contributed by atoms with E-state index >= 15 is 0 Å². The zero-order valence-electron chi connectivity index (χ0n) is 17.6. The molecule has 2 aromatic heterocycles. The molecule has 1 fully saturated rings. The second kappa shape index (κ2) is 8.15. The number of pyridine rings is 1. The highest BCUT2D eigenvalue weighted by atomic mass is 16.5. The molecule has 1 N–H and O–H groups in total. The summed E-state index contributed by atoms with van der Waals surface area (Å²) < 4.78 is 7.88. The summed E-state index contributed by atoms with van der Waals surface area (Å²) in [5, 5.41) is 14.4. The maximum absolute atomic E-state index is 13.2. The second-order valence-electron chi connectivity index (χ2n) is 8.41. The van der Waals surface area contributed by atoms with E-state index in [0.29, 0.717) is 24.4 Å². The Labute approximate surface area is 181 Å². The van der Waals surface area contributed by atoms with Gasteiger partial charge in [-0.25, -0.2) is 0 Å². The van der Waals surface area contributed by atoms with Gasteiger partial charge in [0.05, 0.1) is 23.6 Å². The van der Waals surface area contributed by atoms with Crippen LogP contribution in [0.4, 0.5) is 0 Å². The number of carbonyl (C=O) groups excluding carboxylic acids is 1. The molecule has 0 radical (unpaired) electrons. The van der Waals surface area contributed by atoms with Crippen molar-refractivity contribution in [1.29, 1.82) is 0 Å². The van der Waals surface area contributed by atoms with Crippen LogP contribution in [0.3, 0.4) is 0 Å². The van der Waals surface area contributed by atoms with Crippen molar-refractivity contribution in [3.05, 3.63) is 65.6 Å². The van der Waals surface area contributed by atoms with Crippen LogP contribution < -0.4 is 4.74 Å². The number of amides is 1. The van der Waals surface area contributed by atoms with E-state index in [1.165, 1.54) is 0 Å². The first-order chi connectivity index (χ1) is 15.1. The monoisotopic (exact) mass is 418 g/mol. The van der Waals surface area contributed by atoms with Gasteiger partial charge in [-0.15, -0.1) is 0 Å². The van der Waals surface area contributed by atoms with Crippen molar-refractivity contribution >= 4 is 5.91 Å². The summed E-state index contributed by atoms with van der Waals surface area (Å²) >= 11 is 0. The van der Waals surface area contributed by atoms with Gasteiger partial charge in [0.15, 0.2) is 0 Å². The SMILES string of the molecule is Cn1cc(-c2ccc(CN3Cc4cccc(O[C@H]5CCCC[C@@H]5O)c4C3=O)cn2)cn1. The zero-order chi connectivity index (χ0) is 21.4. The van der Waals surface area contributed by atoms with Gasteiger partial charge in [-0.3, -0.25) is 14.5 Å². The third kappa shape index (κ3) is 3.93. The van der Waals surface area contributed by atoms with Gasteiger partial charge in [-0.2, -0.15) is 5.10 Å². The summed E-state index contributed by atoms with van der Waals surface area (Å²) in [7, 11) is 1.88. The number of hydrogen-bond acceptors (Lipinski definition) is 5. The number of aryl methyl sites for hydroxylation is 1. The summed E-state index contributed by atoms with van der Waals surface area (Å²) in [5.74, 6) is 0.549. The van der Waals surface area contributed by atoms with E-state index in [1.807, 2.05) is 54.7 Å². The van der Waals surface area contributed by atoms with Gasteiger partial charge in [0, 0.05) is 38.1 Å². The third-order valence-electron chi connectivity index (χ3n) is 6.12. The summed E-state index contributed by atoms with van der Waals surface area (Å²) in [5.41, 5.74) is 4.38. The molecular weight excluding hydrogens is 392 g/mol. The Morgan fingerprint density at radius 1 is 1.16 bits per heavy atom. The lowest BCUT2D eigenvalue weighted by Crippen LogP contribution is -2.35. The van der Waals surface area contributed by atoms with E-state index in [4.69, 9.17) is 4.74 Å². The van der Waals surface area contributed by atoms with Gasteiger partial charge in [0.1, 0.15) is 11.9 Å². The zero-order valence-corrected chi connectivity index (χ0v) is 17.6. The molecule has 31 heavy (non-hydrogen) atoms. The van der Waals surface area contributed by atoms with Crippen LogP contribution >= 0.6 is 0 Å². The molecule has 7 nitrogen and oxygen atoms in total. The van der Waals surface area contributed by atoms with Crippen LogP contribution in [0.25, 0.3) is 11.3 Å². The minimum atomic E-state index is -0.471. The number of ether oxygens (including phenoxy) is 1. The minimum absolute atomic E-state index is 0.0350. The lowest BCUT2D eigenvalue weighted by Gasteiger charge is -2.28. The molecule has 3 heterocycles. The van der Waals surface area contributed by atoms with E-state index in [2.05, 4.69) is 10.1 Å². The molecule has 0 unspecified atom stereocenters. The second-order valence-corrected chi connectivity index (χ2v) is 8.41. The number of hydrogen-bond donors (Lipinski definition) is 1. The number of rotatable bonds is 5. The topological polar surface area (TPSA) is 80.5 Å².